The number of aliphatic hydroxyl groups is 1. The lowest BCUT2D eigenvalue weighted by molar-refractivity contribution is -0.139. The van der Waals surface area contributed by atoms with E-state index in [1.807, 2.05) is 20.2 Å². The minimum absolute atomic E-state index is 0.245. The van der Waals surface area contributed by atoms with Crippen molar-refractivity contribution in [1.29, 1.82) is 0 Å². The molecular weight excluding hydrogens is 230 g/mol. The molecule has 5 nitrogen and oxygen atoms in total. The van der Waals surface area contributed by atoms with Gasteiger partial charge in [-0.25, -0.2) is 0 Å². The van der Waals surface area contributed by atoms with E-state index in [1.165, 1.54) is 0 Å². The minimum Gasteiger partial charge on any atom is -0.380 e. The molecule has 1 aliphatic rings. The van der Waals surface area contributed by atoms with E-state index in [4.69, 9.17) is 0 Å². The van der Waals surface area contributed by atoms with E-state index in [0.717, 1.165) is 30.5 Å². The fourth-order valence-electron chi connectivity index (χ4n) is 2.56. The van der Waals surface area contributed by atoms with Gasteiger partial charge in [-0.3, -0.25) is 9.48 Å². The highest BCUT2D eigenvalue weighted by molar-refractivity contribution is 5.85. The van der Waals surface area contributed by atoms with Crippen LogP contribution in [0.15, 0.2) is 6.20 Å². The molecule has 2 rings (SSSR count). The number of amides is 1. The predicted octanol–water partition coefficient (Wildman–Crippen LogP) is 0.904. The van der Waals surface area contributed by atoms with Gasteiger partial charge in [-0.05, 0) is 32.1 Å². The van der Waals surface area contributed by atoms with Gasteiger partial charge >= 0.3 is 0 Å². The molecule has 0 aromatic carbocycles. The number of nitrogens with zero attached hydrogens (tertiary/aromatic N) is 2. The molecule has 1 amide bonds. The van der Waals surface area contributed by atoms with Crippen LogP contribution in [0.4, 0.5) is 0 Å². The van der Waals surface area contributed by atoms with E-state index in [1.54, 1.807) is 4.68 Å². The van der Waals surface area contributed by atoms with Gasteiger partial charge in [-0.2, -0.15) is 5.10 Å². The van der Waals surface area contributed by atoms with Crippen molar-refractivity contribution in [1.82, 2.24) is 15.1 Å². The van der Waals surface area contributed by atoms with E-state index >= 15 is 0 Å². The quantitative estimate of drug-likeness (QED) is 0.835. The van der Waals surface area contributed by atoms with Crippen LogP contribution in [0.25, 0.3) is 0 Å². The summed E-state index contributed by atoms with van der Waals surface area (Å²) in [5, 5.41) is 17.3. The zero-order chi connectivity index (χ0) is 13.2. The van der Waals surface area contributed by atoms with Crippen molar-refractivity contribution < 1.29 is 9.90 Å². The Labute approximate surface area is 107 Å². The molecule has 0 unspecified atom stereocenters. The third-order valence-electron chi connectivity index (χ3n) is 3.62. The number of carbonyl (C=O) groups excluding carboxylic acids is 1. The predicted molar refractivity (Wildman–Crippen MR) is 67.9 cm³/mol. The zero-order valence-corrected chi connectivity index (χ0v) is 11.1. The first kappa shape index (κ1) is 13.1. The Morgan fingerprint density at radius 1 is 1.56 bits per heavy atom. The summed E-state index contributed by atoms with van der Waals surface area (Å²) in [6, 6.07) is 0. The first-order chi connectivity index (χ1) is 8.55. The van der Waals surface area contributed by atoms with Gasteiger partial charge in [-0.15, -0.1) is 0 Å². The van der Waals surface area contributed by atoms with E-state index in [-0.39, 0.29) is 5.91 Å². The van der Waals surface area contributed by atoms with Gasteiger partial charge in [0.2, 0.25) is 0 Å². The van der Waals surface area contributed by atoms with Crippen LogP contribution in [-0.4, -0.2) is 26.4 Å². The van der Waals surface area contributed by atoms with Gasteiger partial charge in [-0.1, -0.05) is 6.92 Å². The Bertz CT molecular complexity index is 433. The molecule has 0 bridgehead atoms. The first-order valence-corrected chi connectivity index (χ1v) is 6.57. The third-order valence-corrected chi connectivity index (χ3v) is 3.62. The molecule has 18 heavy (non-hydrogen) atoms. The average molecular weight is 251 g/mol. The molecule has 0 radical (unpaired) electrons. The van der Waals surface area contributed by atoms with Crippen molar-refractivity contribution in [2.75, 3.05) is 0 Å². The van der Waals surface area contributed by atoms with Gasteiger partial charge < -0.3 is 10.4 Å². The second-order valence-corrected chi connectivity index (χ2v) is 5.05. The summed E-state index contributed by atoms with van der Waals surface area (Å²) in [5.74, 6) is -0.245. The van der Waals surface area contributed by atoms with Crippen molar-refractivity contribution in [2.24, 2.45) is 7.05 Å². The van der Waals surface area contributed by atoms with E-state index < -0.39 is 5.60 Å². The molecule has 1 aromatic heterocycles. The summed E-state index contributed by atoms with van der Waals surface area (Å²) in [7, 11) is 1.87. The second kappa shape index (κ2) is 5.10. The summed E-state index contributed by atoms with van der Waals surface area (Å²) in [6.07, 6.45) is 5.77. The average Bonchev–Trinajstić information content (AvgIpc) is 2.93. The maximum atomic E-state index is 12.0. The van der Waals surface area contributed by atoms with Crippen molar-refractivity contribution >= 4 is 5.91 Å². The fourth-order valence-corrected chi connectivity index (χ4v) is 2.56. The standard InChI is InChI=1S/C13H21N3O2/c1-3-11-10(9-16(2)15-11)8-14-12(17)13(18)6-4-5-7-13/h9,18H,3-8H2,1-2H3,(H,14,17). The highest BCUT2D eigenvalue weighted by Crippen LogP contribution is 2.29. The van der Waals surface area contributed by atoms with Crippen LogP contribution in [0.2, 0.25) is 0 Å². The Balaban J connectivity index is 1.96. The maximum absolute atomic E-state index is 12.0. The van der Waals surface area contributed by atoms with Gasteiger partial charge in [0, 0.05) is 25.4 Å². The van der Waals surface area contributed by atoms with Crippen molar-refractivity contribution in [3.05, 3.63) is 17.5 Å². The topological polar surface area (TPSA) is 67.2 Å². The number of carbonyl (C=O) groups is 1. The number of rotatable bonds is 4. The molecule has 0 spiro atoms. The highest BCUT2D eigenvalue weighted by atomic mass is 16.3. The lowest BCUT2D eigenvalue weighted by Gasteiger charge is -2.20. The highest BCUT2D eigenvalue weighted by Gasteiger charge is 2.38. The Morgan fingerprint density at radius 3 is 2.83 bits per heavy atom. The van der Waals surface area contributed by atoms with Crippen LogP contribution in [0.1, 0.15) is 43.9 Å². The normalized spacial score (nSPS) is 17.9. The van der Waals surface area contributed by atoms with Gasteiger partial charge in [0.25, 0.3) is 5.91 Å². The Kier molecular flexibility index (Phi) is 3.71. The smallest absolute Gasteiger partial charge is 0.252 e. The van der Waals surface area contributed by atoms with Crippen molar-refractivity contribution in [2.45, 2.75) is 51.2 Å². The van der Waals surface area contributed by atoms with E-state index in [2.05, 4.69) is 10.4 Å². The summed E-state index contributed by atoms with van der Waals surface area (Å²) < 4.78 is 1.75. The molecule has 5 heteroatoms. The molecular formula is C13H21N3O2. The van der Waals surface area contributed by atoms with E-state index in [9.17, 15) is 9.90 Å². The number of aromatic nitrogens is 2. The first-order valence-electron chi connectivity index (χ1n) is 6.57. The molecule has 100 valence electrons. The largest absolute Gasteiger partial charge is 0.380 e. The number of nitrogens with one attached hydrogen (secondary N) is 1. The van der Waals surface area contributed by atoms with Gasteiger partial charge in [0.15, 0.2) is 0 Å². The summed E-state index contributed by atoms with van der Waals surface area (Å²) in [6.45, 7) is 2.48. The van der Waals surface area contributed by atoms with Gasteiger partial charge in [0.1, 0.15) is 5.60 Å². The summed E-state index contributed by atoms with van der Waals surface area (Å²) in [5.41, 5.74) is 0.875. The molecule has 1 saturated carbocycles. The lowest BCUT2D eigenvalue weighted by atomic mass is 10.0. The van der Waals surface area contributed by atoms with Crippen LogP contribution in [-0.2, 0) is 24.8 Å². The molecule has 0 aliphatic heterocycles. The molecule has 0 atom stereocenters. The van der Waals surface area contributed by atoms with Crippen LogP contribution in [0.5, 0.6) is 0 Å². The zero-order valence-electron chi connectivity index (χ0n) is 11.1. The molecule has 1 aliphatic carbocycles. The monoisotopic (exact) mass is 251 g/mol. The molecule has 1 fully saturated rings. The van der Waals surface area contributed by atoms with Crippen LogP contribution < -0.4 is 5.32 Å². The van der Waals surface area contributed by atoms with Crippen molar-refractivity contribution in [3.8, 4) is 0 Å². The second-order valence-electron chi connectivity index (χ2n) is 5.05. The van der Waals surface area contributed by atoms with Crippen molar-refractivity contribution in [3.63, 3.8) is 0 Å². The van der Waals surface area contributed by atoms with Crippen LogP contribution >= 0.6 is 0 Å². The summed E-state index contributed by atoms with van der Waals surface area (Å²) >= 11 is 0. The Hall–Kier alpha value is -1.36. The fraction of sp³-hybridized carbons (Fsp3) is 0.692. The number of hydrogen-bond acceptors (Lipinski definition) is 3. The third kappa shape index (κ3) is 2.56. The minimum atomic E-state index is -1.14. The SMILES string of the molecule is CCc1nn(C)cc1CNC(=O)C1(O)CCCC1. The number of hydrogen-bond donors (Lipinski definition) is 2. The maximum Gasteiger partial charge on any atom is 0.252 e. The summed E-state index contributed by atoms with van der Waals surface area (Å²) in [4.78, 5) is 12.0. The van der Waals surface area contributed by atoms with Gasteiger partial charge in [0.05, 0.1) is 5.69 Å². The molecule has 1 heterocycles. The van der Waals surface area contributed by atoms with Crippen LogP contribution in [0.3, 0.4) is 0 Å². The Morgan fingerprint density at radius 2 is 2.22 bits per heavy atom. The molecule has 1 aromatic rings. The number of aryl methyl sites for hydroxylation is 2. The van der Waals surface area contributed by atoms with Crippen LogP contribution in [0, 0.1) is 0 Å². The molecule has 2 N–H and O–H groups in total. The molecule has 0 saturated heterocycles. The van der Waals surface area contributed by atoms with E-state index in [0.29, 0.717) is 19.4 Å². The lowest BCUT2D eigenvalue weighted by Crippen LogP contribution is -2.44.